The molecule has 110 valence electrons. The van der Waals surface area contributed by atoms with Crippen LogP contribution in [-0.4, -0.2) is 41.5 Å². The number of ketones is 1. The van der Waals surface area contributed by atoms with Crippen molar-refractivity contribution in [3.63, 3.8) is 0 Å². The van der Waals surface area contributed by atoms with E-state index >= 15 is 0 Å². The Bertz CT molecular complexity index is 469. The number of likely N-dealkylation sites (N-methyl/N-ethyl adjacent to an activating group) is 1. The molecule has 0 radical (unpaired) electrons. The second-order valence-corrected chi connectivity index (χ2v) is 5.85. The largest absolute Gasteiger partial charge is 0.389 e. The molecule has 4 heteroatoms. The van der Waals surface area contributed by atoms with E-state index in [1.807, 2.05) is 11.9 Å². The summed E-state index contributed by atoms with van der Waals surface area (Å²) in [5.74, 6) is -0.445. The molecule has 20 heavy (non-hydrogen) atoms. The lowest BCUT2D eigenvalue weighted by atomic mass is 10.0. The molecule has 1 N–H and O–H groups in total. The number of benzene rings is 1. The highest BCUT2D eigenvalue weighted by atomic mass is 19.1. The molecule has 1 fully saturated rings. The summed E-state index contributed by atoms with van der Waals surface area (Å²) in [4.78, 5) is 14.0. The molecular formula is C16H22FNO2. The number of hydrogen-bond acceptors (Lipinski definition) is 3. The lowest BCUT2D eigenvalue weighted by molar-refractivity contribution is 0.0162. The van der Waals surface area contributed by atoms with E-state index in [2.05, 4.69) is 0 Å². The molecule has 1 aromatic carbocycles. The van der Waals surface area contributed by atoms with Gasteiger partial charge in [0.15, 0.2) is 5.78 Å². The van der Waals surface area contributed by atoms with Crippen LogP contribution in [0.15, 0.2) is 24.3 Å². The van der Waals surface area contributed by atoms with Crippen LogP contribution in [0.3, 0.4) is 0 Å². The highest BCUT2D eigenvalue weighted by Crippen LogP contribution is 2.29. The summed E-state index contributed by atoms with van der Waals surface area (Å²) in [6.07, 6.45) is 4.18. The number of Topliss-reactive ketones (excluding diaryl/α,β-unsaturated/α-hetero) is 1. The van der Waals surface area contributed by atoms with Crippen LogP contribution in [0, 0.1) is 5.82 Å². The molecule has 1 aliphatic carbocycles. The SMILES string of the molecule is CN(CCC(=O)c1cccc(F)c1)CC1(O)CCCC1. The molecule has 0 atom stereocenters. The van der Waals surface area contributed by atoms with Crippen LogP contribution < -0.4 is 0 Å². The molecule has 0 heterocycles. The normalized spacial score (nSPS) is 17.6. The third-order valence-electron chi connectivity index (χ3n) is 3.97. The van der Waals surface area contributed by atoms with Gasteiger partial charge in [-0.1, -0.05) is 25.0 Å². The van der Waals surface area contributed by atoms with Crippen LogP contribution in [0.4, 0.5) is 4.39 Å². The van der Waals surface area contributed by atoms with E-state index in [1.54, 1.807) is 12.1 Å². The molecule has 0 amide bonds. The van der Waals surface area contributed by atoms with Gasteiger partial charge in [0.1, 0.15) is 5.82 Å². The number of nitrogens with zero attached hydrogens (tertiary/aromatic N) is 1. The Balaban J connectivity index is 1.81. The number of carbonyl (C=O) groups excluding carboxylic acids is 1. The zero-order valence-corrected chi connectivity index (χ0v) is 11.9. The van der Waals surface area contributed by atoms with Gasteiger partial charge in [-0.05, 0) is 32.0 Å². The van der Waals surface area contributed by atoms with E-state index in [9.17, 15) is 14.3 Å². The van der Waals surface area contributed by atoms with E-state index in [0.29, 0.717) is 25.1 Å². The van der Waals surface area contributed by atoms with E-state index < -0.39 is 5.60 Å². The van der Waals surface area contributed by atoms with Crippen molar-refractivity contribution in [3.05, 3.63) is 35.6 Å². The second kappa shape index (κ2) is 6.46. The predicted molar refractivity (Wildman–Crippen MR) is 76.3 cm³/mol. The standard InChI is InChI=1S/C16H22FNO2/c1-18(12-16(20)8-2-3-9-16)10-7-15(19)13-5-4-6-14(17)11-13/h4-6,11,20H,2-3,7-10,12H2,1H3. The third kappa shape index (κ3) is 4.12. The smallest absolute Gasteiger partial charge is 0.164 e. The minimum absolute atomic E-state index is 0.0604. The van der Waals surface area contributed by atoms with Crippen molar-refractivity contribution in [1.29, 1.82) is 0 Å². The molecule has 2 rings (SSSR count). The first-order valence-electron chi connectivity index (χ1n) is 7.18. The van der Waals surface area contributed by atoms with Gasteiger partial charge in [0.05, 0.1) is 5.60 Å². The average molecular weight is 279 g/mol. The summed E-state index contributed by atoms with van der Waals surface area (Å²) >= 11 is 0. The van der Waals surface area contributed by atoms with Gasteiger partial charge in [-0.3, -0.25) is 4.79 Å². The maximum absolute atomic E-state index is 13.1. The number of aliphatic hydroxyl groups is 1. The lowest BCUT2D eigenvalue weighted by Gasteiger charge is -2.28. The third-order valence-corrected chi connectivity index (χ3v) is 3.97. The van der Waals surface area contributed by atoms with E-state index in [-0.39, 0.29) is 11.6 Å². The van der Waals surface area contributed by atoms with Crippen LogP contribution in [0.5, 0.6) is 0 Å². The van der Waals surface area contributed by atoms with E-state index in [1.165, 1.54) is 12.1 Å². The molecule has 0 saturated heterocycles. The molecule has 0 spiro atoms. The molecule has 0 unspecified atom stereocenters. The van der Waals surface area contributed by atoms with E-state index in [4.69, 9.17) is 0 Å². The molecular weight excluding hydrogens is 257 g/mol. The minimum atomic E-state index is -0.587. The summed E-state index contributed by atoms with van der Waals surface area (Å²) in [5, 5.41) is 10.3. The fourth-order valence-corrected chi connectivity index (χ4v) is 2.87. The molecule has 0 aromatic heterocycles. The van der Waals surface area contributed by atoms with Gasteiger partial charge in [-0.25, -0.2) is 4.39 Å². The lowest BCUT2D eigenvalue weighted by Crippen LogP contribution is -2.39. The van der Waals surface area contributed by atoms with Crippen LogP contribution in [-0.2, 0) is 0 Å². The zero-order chi connectivity index (χ0) is 14.6. The van der Waals surface area contributed by atoms with Gasteiger partial charge in [0, 0.05) is 25.1 Å². The van der Waals surface area contributed by atoms with Gasteiger partial charge in [0.2, 0.25) is 0 Å². The molecule has 1 aliphatic rings. The van der Waals surface area contributed by atoms with Crippen LogP contribution in [0.25, 0.3) is 0 Å². The Labute approximate surface area is 119 Å². The summed E-state index contributed by atoms with van der Waals surface area (Å²) in [6, 6.07) is 5.79. The summed E-state index contributed by atoms with van der Waals surface area (Å²) in [7, 11) is 1.91. The maximum atomic E-state index is 13.1. The van der Waals surface area contributed by atoms with Crippen molar-refractivity contribution in [2.45, 2.75) is 37.7 Å². The molecule has 1 saturated carbocycles. The van der Waals surface area contributed by atoms with Crippen molar-refractivity contribution in [1.82, 2.24) is 4.90 Å². The fraction of sp³-hybridized carbons (Fsp3) is 0.562. The first-order chi connectivity index (χ1) is 9.48. The predicted octanol–water partition coefficient (Wildman–Crippen LogP) is 2.64. The van der Waals surface area contributed by atoms with Crippen LogP contribution in [0.2, 0.25) is 0 Å². The zero-order valence-electron chi connectivity index (χ0n) is 11.9. The fourth-order valence-electron chi connectivity index (χ4n) is 2.87. The first kappa shape index (κ1) is 15.1. The van der Waals surface area contributed by atoms with Crippen molar-refractivity contribution >= 4 is 5.78 Å². The molecule has 1 aromatic rings. The number of carbonyl (C=O) groups is 1. The Morgan fingerprint density at radius 2 is 2.10 bits per heavy atom. The van der Waals surface area contributed by atoms with Crippen molar-refractivity contribution in [2.75, 3.05) is 20.1 Å². The quantitative estimate of drug-likeness (QED) is 0.814. The Kier molecular flexibility index (Phi) is 4.89. The maximum Gasteiger partial charge on any atom is 0.164 e. The van der Waals surface area contributed by atoms with Crippen molar-refractivity contribution in [3.8, 4) is 0 Å². The molecule has 0 bridgehead atoms. The summed E-state index contributed by atoms with van der Waals surface area (Å²) in [6.45, 7) is 1.18. The number of halogens is 1. The van der Waals surface area contributed by atoms with Gasteiger partial charge >= 0.3 is 0 Å². The highest BCUT2D eigenvalue weighted by molar-refractivity contribution is 5.96. The first-order valence-corrected chi connectivity index (χ1v) is 7.18. The Morgan fingerprint density at radius 3 is 2.75 bits per heavy atom. The Hall–Kier alpha value is -1.26. The molecule has 0 aliphatic heterocycles. The Morgan fingerprint density at radius 1 is 1.40 bits per heavy atom. The van der Waals surface area contributed by atoms with Crippen LogP contribution in [0.1, 0.15) is 42.5 Å². The van der Waals surface area contributed by atoms with Crippen molar-refractivity contribution in [2.24, 2.45) is 0 Å². The topological polar surface area (TPSA) is 40.5 Å². The number of hydrogen-bond donors (Lipinski definition) is 1. The summed E-state index contributed by atoms with van der Waals surface area (Å²) in [5.41, 5.74) is -0.172. The second-order valence-electron chi connectivity index (χ2n) is 5.85. The molecule has 3 nitrogen and oxygen atoms in total. The van der Waals surface area contributed by atoms with Crippen molar-refractivity contribution < 1.29 is 14.3 Å². The van der Waals surface area contributed by atoms with E-state index in [0.717, 1.165) is 25.7 Å². The van der Waals surface area contributed by atoms with Gasteiger partial charge in [-0.15, -0.1) is 0 Å². The number of rotatable bonds is 6. The van der Waals surface area contributed by atoms with Gasteiger partial charge < -0.3 is 10.0 Å². The minimum Gasteiger partial charge on any atom is -0.389 e. The van der Waals surface area contributed by atoms with Gasteiger partial charge in [-0.2, -0.15) is 0 Å². The summed E-state index contributed by atoms with van der Waals surface area (Å²) < 4.78 is 13.1. The monoisotopic (exact) mass is 279 g/mol. The average Bonchev–Trinajstić information content (AvgIpc) is 2.82. The van der Waals surface area contributed by atoms with Gasteiger partial charge in [0.25, 0.3) is 0 Å². The van der Waals surface area contributed by atoms with Crippen LogP contribution >= 0.6 is 0 Å². The highest BCUT2D eigenvalue weighted by Gasteiger charge is 2.32.